The monoisotopic (exact) mass is 332 g/mol. The molecule has 3 rings (SSSR count). The molecule has 0 amide bonds. The molecule has 0 aromatic carbocycles. The summed E-state index contributed by atoms with van der Waals surface area (Å²) in [6.07, 6.45) is 0.442. The summed E-state index contributed by atoms with van der Waals surface area (Å²) in [5.74, 6) is 0.995. The maximum absolute atomic E-state index is 6.15. The molecular weight excluding hydrogens is 303 g/mol. The lowest BCUT2D eigenvalue weighted by Gasteiger charge is -2.36. The summed E-state index contributed by atoms with van der Waals surface area (Å²) in [6, 6.07) is 4.16. The van der Waals surface area contributed by atoms with Gasteiger partial charge in [-0.1, -0.05) is 6.07 Å². The van der Waals surface area contributed by atoms with E-state index in [1.165, 1.54) is 0 Å². The molecule has 0 N–H and O–H groups in total. The molecule has 0 spiro atoms. The topological polar surface area (TPSA) is 43.8 Å². The number of aromatic nitrogens is 1. The van der Waals surface area contributed by atoms with Gasteiger partial charge in [0.15, 0.2) is 0 Å². The highest BCUT2D eigenvalue weighted by Gasteiger charge is 2.52. The summed E-state index contributed by atoms with van der Waals surface area (Å²) in [5, 5.41) is 0. The fourth-order valence-electron chi connectivity index (χ4n) is 3.32. The summed E-state index contributed by atoms with van der Waals surface area (Å²) in [7, 11) is -0.362. The van der Waals surface area contributed by atoms with Crippen LogP contribution in [0.1, 0.15) is 47.2 Å². The minimum absolute atomic E-state index is 0.221. The highest BCUT2D eigenvalue weighted by Crippen LogP contribution is 2.36. The van der Waals surface area contributed by atoms with Crippen molar-refractivity contribution in [3.8, 4) is 0 Å². The van der Waals surface area contributed by atoms with E-state index in [-0.39, 0.29) is 30.5 Å². The number of pyridine rings is 1. The smallest absolute Gasteiger partial charge is 0.399 e. The average Bonchev–Trinajstić information content (AvgIpc) is 2.66. The maximum Gasteiger partial charge on any atom is 0.496 e. The van der Waals surface area contributed by atoms with Crippen LogP contribution in [0.3, 0.4) is 0 Å². The van der Waals surface area contributed by atoms with Gasteiger partial charge >= 0.3 is 7.12 Å². The molecular formula is C18H29BN2O3. The van der Waals surface area contributed by atoms with E-state index in [0.29, 0.717) is 0 Å². The van der Waals surface area contributed by atoms with E-state index in [1.807, 2.05) is 6.92 Å². The zero-order valence-electron chi connectivity index (χ0n) is 15.9. The molecule has 2 saturated heterocycles. The van der Waals surface area contributed by atoms with Gasteiger partial charge in [-0.2, -0.15) is 0 Å². The lowest BCUT2D eigenvalue weighted by atomic mass is 9.78. The number of morpholine rings is 1. The third-order valence-electron chi connectivity index (χ3n) is 5.36. The summed E-state index contributed by atoms with van der Waals surface area (Å²) in [6.45, 7) is 16.3. The normalized spacial score (nSPS) is 29.1. The van der Waals surface area contributed by atoms with E-state index in [9.17, 15) is 0 Å². The van der Waals surface area contributed by atoms with Crippen LogP contribution in [-0.2, 0) is 14.0 Å². The van der Waals surface area contributed by atoms with Gasteiger partial charge in [0.2, 0.25) is 0 Å². The van der Waals surface area contributed by atoms with Crippen molar-refractivity contribution in [3.63, 3.8) is 0 Å². The van der Waals surface area contributed by atoms with Crippen molar-refractivity contribution >= 4 is 18.4 Å². The number of hydrogen-bond acceptors (Lipinski definition) is 5. The number of ether oxygens (including phenoxy) is 1. The summed E-state index contributed by atoms with van der Waals surface area (Å²) in [4.78, 5) is 7.11. The van der Waals surface area contributed by atoms with Gasteiger partial charge in [0.1, 0.15) is 5.82 Å². The van der Waals surface area contributed by atoms with E-state index in [0.717, 1.165) is 30.1 Å². The van der Waals surface area contributed by atoms with Crippen LogP contribution in [0, 0.1) is 6.92 Å². The van der Waals surface area contributed by atoms with Gasteiger partial charge in [-0.3, -0.25) is 0 Å². The van der Waals surface area contributed by atoms with Gasteiger partial charge in [-0.15, -0.1) is 0 Å². The van der Waals surface area contributed by atoms with Crippen LogP contribution >= 0.6 is 0 Å². The predicted octanol–water partition coefficient (Wildman–Crippen LogP) is 2.30. The van der Waals surface area contributed by atoms with Crippen LogP contribution in [0.2, 0.25) is 0 Å². The van der Waals surface area contributed by atoms with Crippen molar-refractivity contribution in [2.24, 2.45) is 0 Å². The summed E-state index contributed by atoms with van der Waals surface area (Å²) in [5.41, 5.74) is 1.29. The van der Waals surface area contributed by atoms with Crippen LogP contribution in [0.4, 0.5) is 5.82 Å². The Kier molecular flexibility index (Phi) is 4.43. The van der Waals surface area contributed by atoms with Crippen LogP contribution in [0.5, 0.6) is 0 Å². The van der Waals surface area contributed by atoms with Gasteiger partial charge in [-0.25, -0.2) is 4.98 Å². The molecule has 0 saturated carbocycles. The van der Waals surface area contributed by atoms with Crippen molar-refractivity contribution in [1.29, 1.82) is 0 Å². The molecule has 132 valence electrons. The molecule has 0 unspecified atom stereocenters. The second kappa shape index (κ2) is 6.01. The summed E-state index contributed by atoms with van der Waals surface area (Å²) < 4.78 is 18.1. The highest BCUT2D eigenvalue weighted by atomic mass is 16.7. The molecule has 1 aromatic rings. The molecule has 2 aliphatic rings. The first-order chi connectivity index (χ1) is 11.1. The Morgan fingerprint density at radius 1 is 1.04 bits per heavy atom. The third kappa shape index (κ3) is 3.19. The molecule has 5 nitrogen and oxygen atoms in total. The average molecular weight is 332 g/mol. The van der Waals surface area contributed by atoms with E-state index in [2.05, 4.69) is 58.6 Å². The maximum atomic E-state index is 6.15. The number of rotatable bonds is 2. The molecule has 2 atom stereocenters. The molecule has 2 aliphatic heterocycles. The zero-order valence-corrected chi connectivity index (χ0v) is 15.9. The second-order valence-electron chi connectivity index (χ2n) is 8.09. The number of nitrogens with zero attached hydrogens (tertiary/aromatic N) is 2. The lowest BCUT2D eigenvalue weighted by Crippen LogP contribution is -2.46. The SMILES string of the molecule is Cc1nc(N2C[C@@H](C)O[C@@H](C)C2)ccc1B1OC(C)(C)C(C)(C)O1. The fourth-order valence-corrected chi connectivity index (χ4v) is 3.32. The zero-order chi connectivity index (χ0) is 17.7. The standard InChI is InChI=1S/C18H29BN2O3/c1-12-10-21(11-13(2)22-12)16-9-8-15(14(3)20-16)19-23-17(4,5)18(6,7)24-19/h8-9,12-13H,10-11H2,1-7H3/t12-,13+. The Balaban J connectivity index is 1.81. The summed E-state index contributed by atoms with van der Waals surface area (Å²) >= 11 is 0. The second-order valence-corrected chi connectivity index (χ2v) is 8.09. The minimum atomic E-state index is -0.362. The van der Waals surface area contributed by atoms with Gasteiger partial charge in [0, 0.05) is 24.2 Å². The molecule has 2 fully saturated rings. The van der Waals surface area contributed by atoms with E-state index in [4.69, 9.17) is 19.0 Å². The van der Waals surface area contributed by atoms with Crippen molar-refractivity contribution < 1.29 is 14.0 Å². The van der Waals surface area contributed by atoms with Crippen LogP contribution in [0.15, 0.2) is 12.1 Å². The van der Waals surface area contributed by atoms with Gasteiger partial charge in [0.05, 0.1) is 23.4 Å². The Labute approximate surface area is 145 Å². The van der Waals surface area contributed by atoms with Crippen molar-refractivity contribution in [2.45, 2.75) is 71.9 Å². The minimum Gasteiger partial charge on any atom is -0.399 e. The quantitative estimate of drug-likeness (QED) is 0.778. The van der Waals surface area contributed by atoms with Gasteiger partial charge < -0.3 is 18.9 Å². The van der Waals surface area contributed by atoms with Crippen LogP contribution in [-0.4, -0.2) is 48.6 Å². The fraction of sp³-hybridized carbons (Fsp3) is 0.722. The molecule has 0 radical (unpaired) electrons. The molecule has 0 bridgehead atoms. The van der Waals surface area contributed by atoms with E-state index in [1.54, 1.807) is 0 Å². The van der Waals surface area contributed by atoms with E-state index >= 15 is 0 Å². The van der Waals surface area contributed by atoms with Gasteiger partial charge in [-0.05, 0) is 54.5 Å². The van der Waals surface area contributed by atoms with Crippen molar-refractivity contribution in [1.82, 2.24) is 4.98 Å². The predicted molar refractivity (Wildman–Crippen MR) is 96.9 cm³/mol. The Morgan fingerprint density at radius 2 is 1.58 bits per heavy atom. The largest absolute Gasteiger partial charge is 0.496 e. The number of aryl methyl sites for hydroxylation is 1. The molecule has 24 heavy (non-hydrogen) atoms. The number of anilines is 1. The van der Waals surface area contributed by atoms with Crippen molar-refractivity contribution in [2.75, 3.05) is 18.0 Å². The third-order valence-corrected chi connectivity index (χ3v) is 5.36. The molecule has 3 heterocycles. The Hall–Kier alpha value is -1.11. The molecule has 6 heteroatoms. The first-order valence-electron chi connectivity index (χ1n) is 8.82. The molecule has 0 aliphatic carbocycles. The van der Waals surface area contributed by atoms with Crippen LogP contribution in [0.25, 0.3) is 0 Å². The Morgan fingerprint density at radius 3 is 2.08 bits per heavy atom. The van der Waals surface area contributed by atoms with E-state index < -0.39 is 0 Å². The Bertz CT molecular complexity index is 594. The van der Waals surface area contributed by atoms with Crippen LogP contribution < -0.4 is 10.4 Å². The first kappa shape index (κ1) is 17.7. The molecule has 1 aromatic heterocycles. The lowest BCUT2D eigenvalue weighted by molar-refractivity contribution is -0.00546. The highest BCUT2D eigenvalue weighted by molar-refractivity contribution is 6.62. The van der Waals surface area contributed by atoms with Crippen molar-refractivity contribution in [3.05, 3.63) is 17.8 Å². The first-order valence-corrected chi connectivity index (χ1v) is 8.82. The van der Waals surface area contributed by atoms with Gasteiger partial charge in [0.25, 0.3) is 0 Å². The number of hydrogen-bond donors (Lipinski definition) is 0.